The molecule has 3 aromatic rings. The highest BCUT2D eigenvalue weighted by atomic mass is 32.1. The fourth-order valence-electron chi connectivity index (χ4n) is 2.44. The molecule has 3 rings (SSSR count). The van der Waals surface area contributed by atoms with Crippen LogP contribution in [-0.4, -0.2) is 17.3 Å². The molecule has 0 fully saturated rings. The maximum Gasteiger partial charge on any atom is 0.153 e. The van der Waals surface area contributed by atoms with Crippen LogP contribution in [0, 0.1) is 13.8 Å². The van der Waals surface area contributed by atoms with Gasteiger partial charge in [0.05, 0.1) is 18.4 Å². The number of hydrogen-bond acceptors (Lipinski definition) is 4. The molecule has 0 saturated heterocycles. The Morgan fingerprint density at radius 1 is 1.19 bits per heavy atom. The third kappa shape index (κ3) is 2.29. The molecule has 3 N–H and O–H groups in total. The summed E-state index contributed by atoms with van der Waals surface area (Å²) in [5.74, 6) is 1.35. The van der Waals surface area contributed by atoms with E-state index in [2.05, 4.69) is 27.9 Å². The molecular formula is C16H17N3OS. The van der Waals surface area contributed by atoms with E-state index in [1.54, 1.807) is 18.4 Å². The van der Waals surface area contributed by atoms with Crippen molar-refractivity contribution in [3.8, 4) is 28.1 Å². The maximum atomic E-state index is 6.08. The third-order valence-electron chi connectivity index (χ3n) is 3.62. The van der Waals surface area contributed by atoms with Gasteiger partial charge in [0, 0.05) is 10.9 Å². The summed E-state index contributed by atoms with van der Waals surface area (Å²) in [5.41, 5.74) is 12.4. The topological polar surface area (TPSA) is 63.9 Å². The van der Waals surface area contributed by atoms with Crippen molar-refractivity contribution >= 4 is 17.2 Å². The molecule has 4 nitrogen and oxygen atoms in total. The molecule has 0 saturated carbocycles. The number of rotatable bonds is 3. The SMILES string of the molecule is COc1cc(-c2c(N)n[nH]c2-c2cscc2C)ccc1C. The van der Waals surface area contributed by atoms with E-state index in [4.69, 9.17) is 10.5 Å². The Morgan fingerprint density at radius 3 is 2.67 bits per heavy atom. The van der Waals surface area contributed by atoms with E-state index in [1.807, 2.05) is 25.1 Å². The predicted octanol–water partition coefficient (Wildman–Crippen LogP) is 4.01. The highest BCUT2D eigenvalue weighted by Crippen LogP contribution is 2.38. The second-order valence-corrected chi connectivity index (χ2v) is 5.76. The lowest BCUT2D eigenvalue weighted by Crippen LogP contribution is -1.92. The van der Waals surface area contributed by atoms with Gasteiger partial charge in [-0.2, -0.15) is 16.4 Å². The Morgan fingerprint density at radius 2 is 2.00 bits per heavy atom. The van der Waals surface area contributed by atoms with Gasteiger partial charge >= 0.3 is 0 Å². The van der Waals surface area contributed by atoms with Gasteiger partial charge in [-0.05, 0) is 42.0 Å². The van der Waals surface area contributed by atoms with Crippen molar-refractivity contribution in [3.63, 3.8) is 0 Å². The van der Waals surface area contributed by atoms with Crippen LogP contribution in [0.2, 0.25) is 0 Å². The summed E-state index contributed by atoms with van der Waals surface area (Å²) >= 11 is 1.67. The Balaban J connectivity index is 2.19. The van der Waals surface area contributed by atoms with Gasteiger partial charge in [-0.25, -0.2) is 0 Å². The van der Waals surface area contributed by atoms with E-state index in [0.29, 0.717) is 5.82 Å². The van der Waals surface area contributed by atoms with Crippen molar-refractivity contribution in [2.75, 3.05) is 12.8 Å². The van der Waals surface area contributed by atoms with E-state index >= 15 is 0 Å². The summed E-state index contributed by atoms with van der Waals surface area (Å²) in [4.78, 5) is 0. The quantitative estimate of drug-likeness (QED) is 0.768. The molecule has 0 atom stereocenters. The van der Waals surface area contributed by atoms with Gasteiger partial charge in [0.25, 0.3) is 0 Å². The average molecular weight is 299 g/mol. The molecule has 1 aromatic carbocycles. The highest BCUT2D eigenvalue weighted by Gasteiger charge is 2.17. The van der Waals surface area contributed by atoms with Gasteiger partial charge in [-0.1, -0.05) is 12.1 Å². The lowest BCUT2D eigenvalue weighted by atomic mass is 9.99. The summed E-state index contributed by atoms with van der Waals surface area (Å²) < 4.78 is 5.41. The molecule has 0 aliphatic rings. The number of nitrogens with two attached hydrogens (primary N) is 1. The van der Waals surface area contributed by atoms with Gasteiger partial charge in [0.2, 0.25) is 0 Å². The molecule has 21 heavy (non-hydrogen) atoms. The largest absolute Gasteiger partial charge is 0.496 e. The molecule has 0 aliphatic heterocycles. The monoisotopic (exact) mass is 299 g/mol. The Hall–Kier alpha value is -2.27. The molecule has 2 aromatic heterocycles. The summed E-state index contributed by atoms with van der Waals surface area (Å²) in [6, 6.07) is 6.08. The minimum Gasteiger partial charge on any atom is -0.496 e. The number of hydrogen-bond donors (Lipinski definition) is 2. The number of aromatic amines is 1. The summed E-state index contributed by atoms with van der Waals surface area (Å²) in [7, 11) is 1.68. The summed E-state index contributed by atoms with van der Waals surface area (Å²) in [6.07, 6.45) is 0. The van der Waals surface area contributed by atoms with Gasteiger partial charge in [0.15, 0.2) is 5.82 Å². The molecule has 2 heterocycles. The number of aryl methyl sites for hydroxylation is 2. The van der Waals surface area contributed by atoms with Crippen molar-refractivity contribution < 1.29 is 4.74 Å². The zero-order valence-corrected chi connectivity index (χ0v) is 13.0. The molecule has 5 heteroatoms. The highest BCUT2D eigenvalue weighted by molar-refractivity contribution is 7.08. The van der Waals surface area contributed by atoms with Crippen molar-refractivity contribution in [1.82, 2.24) is 10.2 Å². The predicted molar refractivity (Wildman–Crippen MR) is 87.8 cm³/mol. The summed E-state index contributed by atoms with van der Waals surface area (Å²) in [5, 5.41) is 11.5. The van der Waals surface area contributed by atoms with Gasteiger partial charge in [0.1, 0.15) is 5.75 Å². The normalized spacial score (nSPS) is 10.8. The fourth-order valence-corrected chi connectivity index (χ4v) is 3.27. The Bertz CT molecular complexity index is 789. The van der Waals surface area contributed by atoms with Crippen molar-refractivity contribution in [1.29, 1.82) is 0 Å². The van der Waals surface area contributed by atoms with Crippen LogP contribution in [0.3, 0.4) is 0 Å². The van der Waals surface area contributed by atoms with Crippen LogP contribution in [0.15, 0.2) is 29.0 Å². The first-order valence-corrected chi connectivity index (χ1v) is 7.58. The van der Waals surface area contributed by atoms with Gasteiger partial charge in [-0.3, -0.25) is 5.10 Å². The number of H-pyrrole nitrogens is 1. The second-order valence-electron chi connectivity index (χ2n) is 5.01. The van der Waals surface area contributed by atoms with Crippen LogP contribution in [0.25, 0.3) is 22.4 Å². The number of methoxy groups -OCH3 is 1. The van der Waals surface area contributed by atoms with Crippen LogP contribution < -0.4 is 10.5 Å². The molecule has 108 valence electrons. The van der Waals surface area contributed by atoms with Crippen LogP contribution in [0.5, 0.6) is 5.75 Å². The van der Waals surface area contributed by atoms with Crippen LogP contribution in [-0.2, 0) is 0 Å². The minimum atomic E-state index is 0.501. The molecule has 0 unspecified atom stereocenters. The number of nitrogen functional groups attached to an aromatic ring is 1. The molecule has 0 spiro atoms. The first-order valence-electron chi connectivity index (χ1n) is 6.64. The van der Waals surface area contributed by atoms with Crippen LogP contribution in [0.4, 0.5) is 5.82 Å². The first kappa shape index (κ1) is 13.7. The number of thiophene rings is 1. The van der Waals surface area contributed by atoms with Crippen molar-refractivity contribution in [2.45, 2.75) is 13.8 Å². The van der Waals surface area contributed by atoms with Crippen LogP contribution in [0.1, 0.15) is 11.1 Å². The number of benzene rings is 1. The molecule has 0 aliphatic carbocycles. The van der Waals surface area contributed by atoms with Crippen molar-refractivity contribution in [3.05, 3.63) is 40.1 Å². The average Bonchev–Trinajstić information content (AvgIpc) is 3.05. The van der Waals surface area contributed by atoms with E-state index in [0.717, 1.165) is 33.7 Å². The standard InChI is InChI=1S/C16H17N3OS/c1-9-4-5-11(6-13(9)20-3)14-15(18-19-16(14)17)12-8-21-7-10(12)2/h4-8H,1-3H3,(H3,17,18,19). The lowest BCUT2D eigenvalue weighted by Gasteiger charge is -2.09. The second kappa shape index (κ2) is 5.26. The fraction of sp³-hybridized carbons (Fsp3) is 0.188. The number of anilines is 1. The van der Waals surface area contributed by atoms with Gasteiger partial charge < -0.3 is 10.5 Å². The molecule has 0 radical (unpaired) electrons. The molecular weight excluding hydrogens is 282 g/mol. The lowest BCUT2D eigenvalue weighted by molar-refractivity contribution is 0.412. The Labute approximate surface area is 127 Å². The zero-order valence-electron chi connectivity index (χ0n) is 12.2. The number of ether oxygens (including phenoxy) is 1. The first-order chi connectivity index (χ1) is 10.1. The minimum absolute atomic E-state index is 0.501. The van der Waals surface area contributed by atoms with Crippen LogP contribution >= 0.6 is 11.3 Å². The zero-order chi connectivity index (χ0) is 15.0. The van der Waals surface area contributed by atoms with Gasteiger partial charge in [-0.15, -0.1) is 0 Å². The maximum absolute atomic E-state index is 6.08. The molecule has 0 bridgehead atoms. The number of nitrogens with one attached hydrogen (secondary N) is 1. The number of nitrogens with zero attached hydrogens (tertiary/aromatic N) is 1. The van der Waals surface area contributed by atoms with E-state index < -0.39 is 0 Å². The summed E-state index contributed by atoms with van der Waals surface area (Å²) in [6.45, 7) is 4.10. The van der Waals surface area contributed by atoms with E-state index in [1.165, 1.54) is 5.56 Å². The Kier molecular flexibility index (Phi) is 3.43. The van der Waals surface area contributed by atoms with E-state index in [9.17, 15) is 0 Å². The smallest absolute Gasteiger partial charge is 0.153 e. The van der Waals surface area contributed by atoms with Crippen molar-refractivity contribution in [2.24, 2.45) is 0 Å². The number of aromatic nitrogens is 2. The van der Waals surface area contributed by atoms with E-state index in [-0.39, 0.29) is 0 Å². The third-order valence-corrected chi connectivity index (χ3v) is 4.48. The molecule has 0 amide bonds.